The van der Waals surface area contributed by atoms with Crippen molar-refractivity contribution < 1.29 is 9.84 Å². The number of hydrogen-bond donors (Lipinski definition) is 2. The predicted octanol–water partition coefficient (Wildman–Crippen LogP) is 2.90. The van der Waals surface area contributed by atoms with Crippen molar-refractivity contribution in [2.45, 2.75) is 45.8 Å². The number of para-hydroxylation sites is 1. The van der Waals surface area contributed by atoms with E-state index in [0.29, 0.717) is 19.1 Å². The maximum absolute atomic E-state index is 9.89. The summed E-state index contributed by atoms with van der Waals surface area (Å²) in [7, 11) is 0. The van der Waals surface area contributed by atoms with Crippen molar-refractivity contribution in [3.05, 3.63) is 29.8 Å². The molecule has 1 unspecified atom stereocenters. The molecule has 0 aromatic heterocycles. The molecule has 1 aromatic rings. The summed E-state index contributed by atoms with van der Waals surface area (Å²) in [6.45, 7) is 7.86. The molecule has 0 amide bonds. The third-order valence-electron chi connectivity index (χ3n) is 2.80. The lowest BCUT2D eigenvalue weighted by Crippen LogP contribution is -2.24. The minimum absolute atomic E-state index is 0.435. The fraction of sp³-hybridized carbons (Fsp3) is 0.600. The Hall–Kier alpha value is -1.06. The molecule has 18 heavy (non-hydrogen) atoms. The molecule has 0 aliphatic rings. The molecule has 1 rings (SSSR count). The third-order valence-corrected chi connectivity index (χ3v) is 2.80. The zero-order valence-corrected chi connectivity index (χ0v) is 11.6. The Morgan fingerprint density at radius 3 is 2.67 bits per heavy atom. The molecule has 0 saturated heterocycles. The molecule has 1 atom stereocenters. The fourth-order valence-corrected chi connectivity index (χ4v) is 1.75. The number of benzene rings is 1. The lowest BCUT2D eigenvalue weighted by Gasteiger charge is -2.15. The summed E-state index contributed by atoms with van der Waals surface area (Å²) in [6.07, 6.45) is 1.24. The van der Waals surface area contributed by atoms with Crippen molar-refractivity contribution in [1.82, 2.24) is 5.32 Å². The first kappa shape index (κ1) is 15.0. The molecule has 0 aliphatic heterocycles. The highest BCUT2D eigenvalue weighted by molar-refractivity contribution is 5.34. The Bertz CT molecular complexity index is 339. The van der Waals surface area contributed by atoms with Gasteiger partial charge in [0.1, 0.15) is 5.75 Å². The van der Waals surface area contributed by atoms with Crippen LogP contribution in [0.5, 0.6) is 5.75 Å². The second-order valence-corrected chi connectivity index (χ2v) is 4.77. The average Bonchev–Trinajstić information content (AvgIpc) is 2.37. The summed E-state index contributed by atoms with van der Waals surface area (Å²) in [5.41, 5.74) is 0.886. The Labute approximate surface area is 110 Å². The molecule has 3 heteroatoms. The lowest BCUT2D eigenvalue weighted by atomic mass is 10.1. The van der Waals surface area contributed by atoms with Gasteiger partial charge in [0.25, 0.3) is 0 Å². The van der Waals surface area contributed by atoms with E-state index in [0.717, 1.165) is 24.3 Å². The molecule has 3 nitrogen and oxygen atoms in total. The van der Waals surface area contributed by atoms with Gasteiger partial charge in [0, 0.05) is 11.6 Å². The number of rotatable bonds is 8. The van der Waals surface area contributed by atoms with Gasteiger partial charge in [0.2, 0.25) is 0 Å². The van der Waals surface area contributed by atoms with E-state index in [9.17, 15) is 5.11 Å². The first-order valence-electron chi connectivity index (χ1n) is 6.78. The SMILES string of the molecule is CCC(O)c1ccccc1OCCCNC(C)C. The third kappa shape index (κ3) is 5.07. The zero-order chi connectivity index (χ0) is 13.4. The van der Waals surface area contributed by atoms with E-state index in [2.05, 4.69) is 19.2 Å². The predicted molar refractivity (Wildman–Crippen MR) is 74.9 cm³/mol. The lowest BCUT2D eigenvalue weighted by molar-refractivity contribution is 0.167. The highest BCUT2D eigenvalue weighted by Gasteiger charge is 2.10. The summed E-state index contributed by atoms with van der Waals surface area (Å²) >= 11 is 0. The van der Waals surface area contributed by atoms with Crippen molar-refractivity contribution >= 4 is 0 Å². The summed E-state index contributed by atoms with van der Waals surface area (Å²) in [5, 5.41) is 13.2. The van der Waals surface area contributed by atoms with Crippen molar-refractivity contribution in [3.8, 4) is 5.75 Å². The van der Waals surface area contributed by atoms with Crippen molar-refractivity contribution in [2.24, 2.45) is 0 Å². The topological polar surface area (TPSA) is 41.5 Å². The van der Waals surface area contributed by atoms with Crippen LogP contribution < -0.4 is 10.1 Å². The van der Waals surface area contributed by atoms with Crippen molar-refractivity contribution in [2.75, 3.05) is 13.2 Å². The van der Waals surface area contributed by atoms with Gasteiger partial charge >= 0.3 is 0 Å². The van der Waals surface area contributed by atoms with Gasteiger partial charge in [-0.2, -0.15) is 0 Å². The van der Waals surface area contributed by atoms with Crippen LogP contribution in [0.1, 0.15) is 45.3 Å². The smallest absolute Gasteiger partial charge is 0.125 e. The Balaban J connectivity index is 2.42. The molecule has 102 valence electrons. The monoisotopic (exact) mass is 251 g/mol. The second kappa shape index (κ2) is 8.11. The number of aliphatic hydroxyl groups excluding tert-OH is 1. The van der Waals surface area contributed by atoms with E-state index in [4.69, 9.17) is 4.74 Å². The van der Waals surface area contributed by atoms with Crippen LogP contribution in [0.4, 0.5) is 0 Å². The minimum Gasteiger partial charge on any atom is -0.493 e. The summed E-state index contributed by atoms with van der Waals surface area (Å²) in [5.74, 6) is 0.802. The van der Waals surface area contributed by atoms with Gasteiger partial charge in [-0.3, -0.25) is 0 Å². The standard InChI is InChI=1S/C15H25NO2/c1-4-14(17)13-8-5-6-9-15(13)18-11-7-10-16-12(2)3/h5-6,8-9,12,14,16-17H,4,7,10-11H2,1-3H3. The highest BCUT2D eigenvalue weighted by Crippen LogP contribution is 2.26. The molecular weight excluding hydrogens is 226 g/mol. The summed E-state index contributed by atoms with van der Waals surface area (Å²) in [6, 6.07) is 8.23. The van der Waals surface area contributed by atoms with Gasteiger partial charge in [-0.05, 0) is 25.5 Å². The minimum atomic E-state index is -0.435. The number of hydrogen-bond acceptors (Lipinski definition) is 3. The van der Waals surface area contributed by atoms with Gasteiger partial charge in [0.05, 0.1) is 12.7 Å². The fourth-order valence-electron chi connectivity index (χ4n) is 1.75. The molecule has 0 spiro atoms. The van der Waals surface area contributed by atoms with E-state index in [1.165, 1.54) is 0 Å². The van der Waals surface area contributed by atoms with Gasteiger partial charge in [-0.25, -0.2) is 0 Å². The van der Waals surface area contributed by atoms with Crippen LogP contribution in [-0.2, 0) is 0 Å². The molecular formula is C15H25NO2. The van der Waals surface area contributed by atoms with Crippen LogP contribution in [0.25, 0.3) is 0 Å². The van der Waals surface area contributed by atoms with E-state index in [1.807, 2.05) is 31.2 Å². The van der Waals surface area contributed by atoms with Crippen molar-refractivity contribution in [1.29, 1.82) is 0 Å². The van der Waals surface area contributed by atoms with Gasteiger partial charge in [0.15, 0.2) is 0 Å². The van der Waals surface area contributed by atoms with Crippen LogP contribution >= 0.6 is 0 Å². The number of ether oxygens (including phenoxy) is 1. The van der Waals surface area contributed by atoms with Crippen LogP contribution in [0.15, 0.2) is 24.3 Å². The van der Waals surface area contributed by atoms with Crippen LogP contribution in [0.2, 0.25) is 0 Å². The molecule has 0 fully saturated rings. The first-order chi connectivity index (χ1) is 8.65. The van der Waals surface area contributed by atoms with E-state index in [-0.39, 0.29) is 0 Å². The molecule has 2 N–H and O–H groups in total. The number of aliphatic hydroxyl groups is 1. The van der Waals surface area contributed by atoms with Crippen LogP contribution in [0, 0.1) is 0 Å². The summed E-state index contributed by atoms with van der Waals surface area (Å²) in [4.78, 5) is 0. The maximum atomic E-state index is 9.89. The van der Waals surface area contributed by atoms with Crippen molar-refractivity contribution in [3.63, 3.8) is 0 Å². The normalized spacial score (nSPS) is 12.7. The molecule has 0 heterocycles. The van der Waals surface area contributed by atoms with E-state index in [1.54, 1.807) is 0 Å². The average molecular weight is 251 g/mol. The molecule has 0 saturated carbocycles. The quantitative estimate of drug-likeness (QED) is 0.698. The Morgan fingerprint density at radius 1 is 1.28 bits per heavy atom. The van der Waals surface area contributed by atoms with Gasteiger partial charge < -0.3 is 15.2 Å². The molecule has 0 radical (unpaired) electrons. The Kier molecular flexibility index (Phi) is 6.76. The van der Waals surface area contributed by atoms with E-state index >= 15 is 0 Å². The summed E-state index contributed by atoms with van der Waals surface area (Å²) < 4.78 is 5.74. The van der Waals surface area contributed by atoms with Gasteiger partial charge in [-0.15, -0.1) is 0 Å². The zero-order valence-electron chi connectivity index (χ0n) is 11.6. The molecule has 0 aliphatic carbocycles. The Morgan fingerprint density at radius 2 is 2.00 bits per heavy atom. The highest BCUT2D eigenvalue weighted by atomic mass is 16.5. The van der Waals surface area contributed by atoms with Crippen LogP contribution in [-0.4, -0.2) is 24.3 Å². The van der Waals surface area contributed by atoms with E-state index < -0.39 is 6.10 Å². The maximum Gasteiger partial charge on any atom is 0.125 e. The second-order valence-electron chi connectivity index (χ2n) is 4.77. The van der Waals surface area contributed by atoms with Crippen LogP contribution in [0.3, 0.4) is 0 Å². The number of nitrogens with one attached hydrogen (secondary N) is 1. The first-order valence-corrected chi connectivity index (χ1v) is 6.78. The molecule has 0 bridgehead atoms. The van der Waals surface area contributed by atoms with Gasteiger partial charge in [-0.1, -0.05) is 39.0 Å². The largest absolute Gasteiger partial charge is 0.493 e. The molecule has 1 aromatic carbocycles.